The predicted octanol–water partition coefficient (Wildman–Crippen LogP) is 1.24. The van der Waals surface area contributed by atoms with Gasteiger partial charge in [-0.15, -0.1) is 0 Å². The van der Waals surface area contributed by atoms with Gasteiger partial charge >= 0.3 is 5.97 Å². The number of ether oxygens (including phenoxy) is 1. The van der Waals surface area contributed by atoms with Gasteiger partial charge in [-0.25, -0.2) is 4.79 Å². The maximum Gasteiger partial charge on any atom is 0.339 e. The van der Waals surface area contributed by atoms with Crippen LogP contribution in [0.5, 0.6) is 0 Å². The summed E-state index contributed by atoms with van der Waals surface area (Å²) in [6.45, 7) is 0.720. The van der Waals surface area contributed by atoms with E-state index in [1.54, 1.807) is 4.90 Å². The van der Waals surface area contributed by atoms with E-state index in [0.717, 1.165) is 6.42 Å². The molecule has 1 aromatic heterocycles. The van der Waals surface area contributed by atoms with Crippen LogP contribution in [0.3, 0.4) is 0 Å². The number of nitrogens with zero attached hydrogens (tertiary/aromatic N) is 1. The third-order valence-electron chi connectivity index (χ3n) is 5.53. The molecule has 0 unspecified atom stereocenters. The molecule has 6 nitrogen and oxygen atoms in total. The monoisotopic (exact) mass is 289 g/mol. The van der Waals surface area contributed by atoms with Gasteiger partial charge in [0, 0.05) is 5.56 Å². The maximum atomic E-state index is 12.7. The average molecular weight is 289 g/mol. The molecule has 4 aliphatic rings. The van der Waals surface area contributed by atoms with Crippen molar-refractivity contribution in [2.24, 2.45) is 17.8 Å². The van der Waals surface area contributed by atoms with Crippen LogP contribution in [-0.4, -0.2) is 34.1 Å². The van der Waals surface area contributed by atoms with Gasteiger partial charge < -0.3 is 19.2 Å². The van der Waals surface area contributed by atoms with E-state index in [4.69, 9.17) is 14.3 Å². The minimum atomic E-state index is -1.00. The molecule has 21 heavy (non-hydrogen) atoms. The Labute approximate surface area is 120 Å². The first-order chi connectivity index (χ1) is 10.1. The van der Waals surface area contributed by atoms with Crippen LogP contribution in [0.15, 0.2) is 10.7 Å². The van der Waals surface area contributed by atoms with Gasteiger partial charge in [0.2, 0.25) is 5.91 Å². The van der Waals surface area contributed by atoms with Crippen LogP contribution in [0.4, 0.5) is 0 Å². The topological polar surface area (TPSA) is 80.0 Å². The molecule has 2 bridgehead atoms. The lowest BCUT2D eigenvalue weighted by Crippen LogP contribution is -2.37. The summed E-state index contributed by atoms with van der Waals surface area (Å²) in [7, 11) is 0. The summed E-state index contributed by atoms with van der Waals surface area (Å²) in [6, 6.07) is 0. The average Bonchev–Trinajstić information content (AvgIpc) is 2.83. The first-order valence-electron chi connectivity index (χ1n) is 7.40. The third-order valence-corrected chi connectivity index (χ3v) is 5.53. The van der Waals surface area contributed by atoms with Crippen LogP contribution < -0.4 is 0 Å². The molecule has 5 rings (SSSR count). The van der Waals surface area contributed by atoms with Gasteiger partial charge in [0.15, 0.2) is 0 Å². The minimum Gasteiger partial charge on any atom is -0.478 e. The highest BCUT2D eigenvalue weighted by atomic mass is 16.5. The molecule has 5 atom stereocenters. The lowest BCUT2D eigenvalue weighted by atomic mass is 9.88. The zero-order valence-corrected chi connectivity index (χ0v) is 11.3. The summed E-state index contributed by atoms with van der Waals surface area (Å²) < 4.78 is 11.2. The van der Waals surface area contributed by atoms with Crippen LogP contribution >= 0.6 is 0 Å². The second-order valence-electron chi connectivity index (χ2n) is 6.60. The van der Waals surface area contributed by atoms with Gasteiger partial charge in [-0.2, -0.15) is 0 Å². The minimum absolute atomic E-state index is 0.0453. The standard InChI is InChI=1S/C15H15NO5/c17-14(8-2-11-6-1-7(6)13(8)21-11)16-3-9-10(15(18)19)5-20-12(9)4-16/h5-8,11,13H,1-4H2,(H,18,19)/t6-,7+,8-,11+,13+/m1/s1. The Morgan fingerprint density at radius 3 is 2.81 bits per heavy atom. The summed E-state index contributed by atoms with van der Waals surface area (Å²) >= 11 is 0. The summed E-state index contributed by atoms with van der Waals surface area (Å²) in [5.41, 5.74) is 0.816. The van der Waals surface area contributed by atoms with Crippen molar-refractivity contribution in [3.05, 3.63) is 23.2 Å². The molecule has 3 aliphatic heterocycles. The Bertz CT molecular complexity index is 665. The van der Waals surface area contributed by atoms with Crippen molar-refractivity contribution in [2.45, 2.75) is 38.1 Å². The highest BCUT2D eigenvalue weighted by Crippen LogP contribution is 2.61. The fourth-order valence-electron chi connectivity index (χ4n) is 4.41. The number of hydrogen-bond acceptors (Lipinski definition) is 4. The molecule has 3 fully saturated rings. The van der Waals surface area contributed by atoms with Gasteiger partial charge in [-0.1, -0.05) is 0 Å². The zero-order chi connectivity index (χ0) is 14.3. The fourth-order valence-corrected chi connectivity index (χ4v) is 4.41. The molecule has 1 amide bonds. The molecule has 1 aliphatic carbocycles. The summed E-state index contributed by atoms with van der Waals surface area (Å²) in [6.07, 6.45) is 3.68. The maximum absolute atomic E-state index is 12.7. The Morgan fingerprint density at radius 2 is 2.10 bits per heavy atom. The molecule has 2 saturated heterocycles. The first kappa shape index (κ1) is 11.8. The largest absolute Gasteiger partial charge is 0.478 e. The molecule has 0 spiro atoms. The number of amides is 1. The van der Waals surface area contributed by atoms with Crippen LogP contribution in [0, 0.1) is 17.8 Å². The van der Waals surface area contributed by atoms with Crippen LogP contribution in [0.2, 0.25) is 0 Å². The number of hydrogen-bond donors (Lipinski definition) is 1. The smallest absolute Gasteiger partial charge is 0.339 e. The predicted molar refractivity (Wildman–Crippen MR) is 68.3 cm³/mol. The van der Waals surface area contributed by atoms with Gasteiger partial charge in [0.1, 0.15) is 17.6 Å². The number of aromatic carboxylic acids is 1. The summed E-state index contributed by atoms with van der Waals surface area (Å²) in [5, 5.41) is 9.12. The molecule has 6 heteroatoms. The van der Waals surface area contributed by atoms with Crippen molar-refractivity contribution in [3.8, 4) is 0 Å². The lowest BCUT2D eigenvalue weighted by molar-refractivity contribution is -0.138. The van der Waals surface area contributed by atoms with E-state index in [0.29, 0.717) is 36.2 Å². The molecule has 0 aromatic carbocycles. The van der Waals surface area contributed by atoms with E-state index in [2.05, 4.69) is 0 Å². The second-order valence-corrected chi connectivity index (χ2v) is 6.60. The molecular formula is C15H15NO5. The van der Waals surface area contributed by atoms with Gasteiger partial charge in [-0.3, -0.25) is 4.79 Å². The molecule has 1 saturated carbocycles. The molecule has 0 radical (unpaired) electrons. The Kier molecular flexibility index (Phi) is 2.07. The summed E-state index contributed by atoms with van der Waals surface area (Å²) in [4.78, 5) is 25.5. The SMILES string of the molecule is O=C(O)c1coc2c1CN(C(=O)[C@@H]1C[C@@H]3O[C@H]1[C@H]1C[C@H]13)C2. The zero-order valence-electron chi connectivity index (χ0n) is 11.3. The van der Waals surface area contributed by atoms with Crippen molar-refractivity contribution < 1.29 is 23.8 Å². The molecule has 1 N–H and O–H groups in total. The van der Waals surface area contributed by atoms with E-state index < -0.39 is 5.97 Å². The highest BCUT2D eigenvalue weighted by molar-refractivity contribution is 5.90. The van der Waals surface area contributed by atoms with Gasteiger partial charge in [0.05, 0.1) is 31.2 Å². The van der Waals surface area contributed by atoms with E-state index in [-0.39, 0.29) is 29.6 Å². The lowest BCUT2D eigenvalue weighted by Gasteiger charge is -2.24. The first-order valence-corrected chi connectivity index (χ1v) is 7.40. The summed E-state index contributed by atoms with van der Waals surface area (Å²) in [5.74, 6) is 0.940. The highest BCUT2D eigenvalue weighted by Gasteiger charge is 2.64. The molecule has 4 heterocycles. The van der Waals surface area contributed by atoms with E-state index in [1.165, 1.54) is 12.7 Å². The fraction of sp³-hybridized carbons (Fsp3) is 0.600. The number of carboxylic acid groups (broad SMARTS) is 1. The number of carbonyl (C=O) groups is 2. The van der Waals surface area contributed by atoms with E-state index in [1.807, 2.05) is 0 Å². The van der Waals surface area contributed by atoms with Gasteiger partial charge in [0.25, 0.3) is 0 Å². The van der Waals surface area contributed by atoms with Crippen LogP contribution in [0.25, 0.3) is 0 Å². The second kappa shape index (κ2) is 3.68. The molecule has 1 aromatic rings. The van der Waals surface area contributed by atoms with Crippen LogP contribution in [-0.2, 0) is 22.6 Å². The Hall–Kier alpha value is -1.82. The van der Waals surface area contributed by atoms with Crippen molar-refractivity contribution in [2.75, 3.05) is 0 Å². The Morgan fingerprint density at radius 1 is 1.24 bits per heavy atom. The number of carbonyl (C=O) groups excluding carboxylic acids is 1. The molecular weight excluding hydrogens is 274 g/mol. The normalized spacial score (nSPS) is 38.5. The number of furan rings is 1. The van der Waals surface area contributed by atoms with Crippen molar-refractivity contribution in [1.29, 1.82) is 0 Å². The van der Waals surface area contributed by atoms with Crippen molar-refractivity contribution in [3.63, 3.8) is 0 Å². The van der Waals surface area contributed by atoms with Crippen molar-refractivity contribution in [1.82, 2.24) is 4.90 Å². The van der Waals surface area contributed by atoms with Crippen molar-refractivity contribution >= 4 is 11.9 Å². The van der Waals surface area contributed by atoms with Gasteiger partial charge in [-0.05, 0) is 24.7 Å². The van der Waals surface area contributed by atoms with E-state index in [9.17, 15) is 9.59 Å². The third kappa shape index (κ3) is 1.46. The number of rotatable bonds is 2. The molecule has 110 valence electrons. The van der Waals surface area contributed by atoms with E-state index >= 15 is 0 Å². The van der Waals surface area contributed by atoms with Crippen LogP contribution in [0.1, 0.15) is 34.5 Å². The quantitative estimate of drug-likeness (QED) is 0.886. The number of fused-ring (bicyclic) bond motifs is 6. The Balaban J connectivity index is 1.36. The number of carboxylic acids is 1.